The van der Waals surface area contributed by atoms with Gasteiger partial charge in [-0.2, -0.15) is 4.90 Å². The van der Waals surface area contributed by atoms with Gasteiger partial charge >= 0.3 is 18.3 Å². The molecule has 0 aliphatic carbocycles. The number of pyridine rings is 2. The Kier molecular flexibility index (Phi) is 9.10. The molecule has 248 valence electrons. The second kappa shape index (κ2) is 12.2. The number of fused-ring (bicyclic) bond motifs is 2. The third-order valence-corrected chi connectivity index (χ3v) is 6.87. The Bertz CT molecular complexity index is 1830. The van der Waals surface area contributed by atoms with E-state index in [0.29, 0.717) is 16.6 Å². The summed E-state index contributed by atoms with van der Waals surface area (Å²) in [5, 5.41) is 1.59. The molecule has 0 saturated heterocycles. The topological polar surface area (TPSA) is 128 Å². The molecule has 0 N–H and O–H groups in total. The van der Waals surface area contributed by atoms with Crippen LogP contribution in [0.5, 0.6) is 0 Å². The highest BCUT2D eigenvalue weighted by Crippen LogP contribution is 2.45. The molecule has 3 aromatic rings. The molecular weight excluding hydrogens is 624 g/mol. The zero-order valence-corrected chi connectivity index (χ0v) is 29.2. The second-order valence-electron chi connectivity index (χ2n) is 14.6. The molecule has 11 nitrogen and oxygen atoms in total. The molecule has 0 unspecified atom stereocenters. The van der Waals surface area contributed by atoms with Gasteiger partial charge in [-0.3, -0.25) is 4.79 Å². The van der Waals surface area contributed by atoms with Crippen molar-refractivity contribution < 1.29 is 33.4 Å². The maximum absolute atomic E-state index is 13.8. The minimum absolute atomic E-state index is 0.0217. The summed E-state index contributed by atoms with van der Waals surface area (Å²) in [6, 6.07) is 6.32. The molecule has 0 atom stereocenters. The van der Waals surface area contributed by atoms with Gasteiger partial charge in [0.05, 0.1) is 22.4 Å². The average molecular weight is 663 g/mol. The molecule has 4 amide bonds. The Morgan fingerprint density at radius 1 is 0.851 bits per heavy atom. The average Bonchev–Trinajstić information content (AvgIpc) is 3.08. The molecule has 0 spiro atoms. The maximum atomic E-state index is 13.8. The van der Waals surface area contributed by atoms with Crippen molar-refractivity contribution >= 4 is 57.9 Å². The van der Waals surface area contributed by atoms with E-state index >= 15 is 0 Å². The number of ether oxygens (including phenoxy) is 3. The van der Waals surface area contributed by atoms with Crippen LogP contribution in [0.25, 0.3) is 10.8 Å². The molecule has 0 saturated carbocycles. The Hall–Kier alpha value is -4.69. The highest BCUT2D eigenvalue weighted by Gasteiger charge is 2.49. The van der Waals surface area contributed by atoms with Gasteiger partial charge < -0.3 is 14.2 Å². The van der Waals surface area contributed by atoms with E-state index in [1.807, 2.05) is 0 Å². The van der Waals surface area contributed by atoms with Gasteiger partial charge in [-0.25, -0.2) is 29.3 Å². The zero-order chi connectivity index (χ0) is 35.3. The van der Waals surface area contributed by atoms with Gasteiger partial charge in [-0.15, -0.1) is 0 Å². The van der Waals surface area contributed by atoms with Gasteiger partial charge in [-0.05, 0) is 112 Å². The van der Waals surface area contributed by atoms with E-state index in [9.17, 15) is 19.2 Å². The van der Waals surface area contributed by atoms with Gasteiger partial charge in [0, 0.05) is 23.2 Å². The number of rotatable bonds is 1. The van der Waals surface area contributed by atoms with E-state index in [4.69, 9.17) is 25.8 Å². The zero-order valence-electron chi connectivity index (χ0n) is 28.5. The predicted octanol–water partition coefficient (Wildman–Crippen LogP) is 7.92. The number of hydrogen-bond acceptors (Lipinski definition) is 9. The standard InChI is InChI=1S/C35H39ClN4O7/c1-32(2,3)45-29(42)39-26-16-20(12-13-24-22-17-27(36)38-19-21(22)14-15-37-24)25(18-23(26)35(10,11)28(39)41)40(30(43)46-33(4,5)6)31(44)47-34(7,8)9/h14-19H,1-11H3. The van der Waals surface area contributed by atoms with Crippen molar-refractivity contribution in [2.75, 3.05) is 9.80 Å². The first-order chi connectivity index (χ1) is 21.5. The Morgan fingerprint density at radius 2 is 1.43 bits per heavy atom. The fraction of sp³-hybridized carbons (Fsp3) is 0.429. The minimum atomic E-state index is -1.26. The molecule has 2 aromatic heterocycles. The highest BCUT2D eigenvalue weighted by molar-refractivity contribution is 6.30. The molecule has 4 rings (SSSR count). The fourth-order valence-electron chi connectivity index (χ4n) is 4.69. The number of nitrogens with zero attached hydrogens (tertiary/aromatic N) is 4. The summed E-state index contributed by atoms with van der Waals surface area (Å²) in [6.45, 7) is 18.3. The molecule has 1 aliphatic rings. The molecular formula is C35H39ClN4O7. The molecule has 0 fully saturated rings. The van der Waals surface area contributed by atoms with Crippen molar-refractivity contribution in [1.29, 1.82) is 0 Å². The predicted molar refractivity (Wildman–Crippen MR) is 179 cm³/mol. The molecule has 47 heavy (non-hydrogen) atoms. The van der Waals surface area contributed by atoms with Gasteiger partial charge in [0.15, 0.2) is 0 Å². The number of amides is 4. The van der Waals surface area contributed by atoms with Crippen molar-refractivity contribution in [2.24, 2.45) is 0 Å². The first-order valence-corrected chi connectivity index (χ1v) is 15.3. The SMILES string of the molecule is CC(C)(C)OC(=O)N(C(=O)OC(C)(C)C)c1cc2c(cc1C#Cc1nccc3cnc(Cl)cc13)N(C(=O)OC(C)(C)C)C(=O)C2(C)C. The summed E-state index contributed by atoms with van der Waals surface area (Å²) < 4.78 is 16.9. The molecule has 1 aromatic carbocycles. The summed E-state index contributed by atoms with van der Waals surface area (Å²) in [4.78, 5) is 64.9. The van der Waals surface area contributed by atoms with Gasteiger partial charge in [-0.1, -0.05) is 17.5 Å². The summed E-state index contributed by atoms with van der Waals surface area (Å²) in [5.41, 5.74) is -3.17. The second-order valence-corrected chi connectivity index (χ2v) is 15.0. The Balaban J connectivity index is 2.04. The van der Waals surface area contributed by atoms with Gasteiger partial charge in [0.1, 0.15) is 27.7 Å². The quantitative estimate of drug-likeness (QED) is 0.145. The number of imide groups is 2. The van der Waals surface area contributed by atoms with Crippen molar-refractivity contribution in [3.05, 3.63) is 58.6 Å². The van der Waals surface area contributed by atoms with E-state index in [0.717, 1.165) is 15.2 Å². The van der Waals surface area contributed by atoms with Crippen LogP contribution < -0.4 is 9.80 Å². The van der Waals surface area contributed by atoms with E-state index in [2.05, 4.69) is 21.8 Å². The highest BCUT2D eigenvalue weighted by atomic mass is 35.5. The van der Waals surface area contributed by atoms with Crippen molar-refractivity contribution in [3.8, 4) is 11.8 Å². The molecule has 0 bridgehead atoms. The van der Waals surface area contributed by atoms with Crippen molar-refractivity contribution in [1.82, 2.24) is 9.97 Å². The van der Waals surface area contributed by atoms with E-state index in [1.54, 1.807) is 101 Å². The Morgan fingerprint density at radius 3 is 1.98 bits per heavy atom. The monoisotopic (exact) mass is 662 g/mol. The number of carbonyl (C=O) groups is 4. The minimum Gasteiger partial charge on any atom is -0.443 e. The summed E-state index contributed by atoms with van der Waals surface area (Å²) in [6.07, 6.45) is 0.217. The van der Waals surface area contributed by atoms with Crippen molar-refractivity contribution in [3.63, 3.8) is 0 Å². The maximum Gasteiger partial charge on any atom is 0.424 e. The lowest BCUT2D eigenvalue weighted by molar-refractivity contribution is -0.121. The number of aromatic nitrogens is 2. The van der Waals surface area contributed by atoms with Crippen LogP contribution >= 0.6 is 11.6 Å². The van der Waals surface area contributed by atoms with E-state index < -0.39 is 46.4 Å². The normalized spacial score (nSPS) is 14.2. The molecule has 0 radical (unpaired) electrons. The van der Waals surface area contributed by atoms with Crippen LogP contribution in [0, 0.1) is 11.8 Å². The lowest BCUT2D eigenvalue weighted by atomic mass is 9.85. The molecule has 3 heterocycles. The van der Waals surface area contributed by atoms with Crippen LogP contribution in [0.2, 0.25) is 5.15 Å². The first kappa shape index (κ1) is 35.2. The number of halogens is 1. The summed E-state index contributed by atoms with van der Waals surface area (Å²) in [5.74, 6) is 5.46. The summed E-state index contributed by atoms with van der Waals surface area (Å²) >= 11 is 6.17. The van der Waals surface area contributed by atoms with Crippen LogP contribution in [0.15, 0.2) is 36.7 Å². The smallest absolute Gasteiger partial charge is 0.424 e. The number of anilines is 2. The van der Waals surface area contributed by atoms with Crippen LogP contribution in [0.1, 0.15) is 93.0 Å². The van der Waals surface area contributed by atoms with Crippen LogP contribution in [-0.2, 0) is 24.4 Å². The Labute approximate surface area is 279 Å². The number of carbonyl (C=O) groups excluding carboxylic acids is 4. The lowest BCUT2D eigenvalue weighted by Gasteiger charge is -2.30. The van der Waals surface area contributed by atoms with Crippen LogP contribution in [-0.4, -0.2) is 51.0 Å². The first-order valence-electron chi connectivity index (χ1n) is 14.9. The molecule has 12 heteroatoms. The molecule has 1 aliphatic heterocycles. The van der Waals surface area contributed by atoms with Gasteiger partial charge in [0.25, 0.3) is 0 Å². The van der Waals surface area contributed by atoms with E-state index in [1.165, 1.54) is 12.1 Å². The summed E-state index contributed by atoms with van der Waals surface area (Å²) in [7, 11) is 0. The fourth-order valence-corrected chi connectivity index (χ4v) is 4.85. The number of hydrogen-bond donors (Lipinski definition) is 0. The van der Waals surface area contributed by atoms with E-state index in [-0.39, 0.29) is 22.1 Å². The third kappa shape index (κ3) is 7.83. The largest absolute Gasteiger partial charge is 0.443 e. The lowest BCUT2D eigenvalue weighted by Crippen LogP contribution is -2.44. The van der Waals surface area contributed by atoms with Crippen LogP contribution in [0.3, 0.4) is 0 Å². The third-order valence-electron chi connectivity index (χ3n) is 6.66. The van der Waals surface area contributed by atoms with Gasteiger partial charge in [0.2, 0.25) is 5.91 Å². The van der Waals surface area contributed by atoms with Crippen molar-refractivity contribution in [2.45, 2.75) is 98.4 Å². The number of benzene rings is 1. The van der Waals surface area contributed by atoms with Crippen LogP contribution in [0.4, 0.5) is 25.8 Å².